The van der Waals surface area contributed by atoms with Gasteiger partial charge in [-0.15, -0.1) is 0 Å². The second-order valence-corrected chi connectivity index (χ2v) is 6.39. The van der Waals surface area contributed by atoms with E-state index in [4.69, 9.17) is 16.3 Å². The van der Waals surface area contributed by atoms with Crippen LogP contribution in [-0.2, 0) is 13.0 Å². The Morgan fingerprint density at radius 2 is 1.90 bits per heavy atom. The van der Waals surface area contributed by atoms with Crippen molar-refractivity contribution in [2.45, 2.75) is 26.0 Å². The van der Waals surface area contributed by atoms with Crippen molar-refractivity contribution >= 4 is 27.5 Å². The van der Waals surface area contributed by atoms with Crippen LogP contribution in [0, 0.1) is 0 Å². The van der Waals surface area contributed by atoms with Crippen LogP contribution in [0.15, 0.2) is 46.9 Å². The standard InChI is InChI=1S/C17H19BrClNO/c1-12(20-2)9-13-3-7-16(8-4-13)21-11-14-5-6-15(18)10-17(14)19/h3-8,10,12,20H,9,11H2,1-2H3. The summed E-state index contributed by atoms with van der Waals surface area (Å²) < 4.78 is 6.76. The maximum atomic E-state index is 6.18. The Kier molecular flexibility index (Phi) is 6.09. The van der Waals surface area contributed by atoms with Gasteiger partial charge in [0.1, 0.15) is 12.4 Å². The Bertz CT molecular complexity index is 586. The largest absolute Gasteiger partial charge is 0.489 e. The Labute approximate surface area is 139 Å². The number of ether oxygens (including phenoxy) is 1. The van der Waals surface area contributed by atoms with E-state index < -0.39 is 0 Å². The molecule has 0 aliphatic rings. The summed E-state index contributed by atoms with van der Waals surface area (Å²) in [6, 6.07) is 14.5. The van der Waals surface area contributed by atoms with Crippen LogP contribution in [-0.4, -0.2) is 13.1 Å². The van der Waals surface area contributed by atoms with Crippen LogP contribution in [0.3, 0.4) is 0 Å². The molecule has 0 spiro atoms. The number of likely N-dealkylation sites (N-methyl/N-ethyl adjacent to an activating group) is 1. The van der Waals surface area contributed by atoms with Crippen molar-refractivity contribution in [1.82, 2.24) is 5.32 Å². The van der Waals surface area contributed by atoms with Crippen LogP contribution in [0.5, 0.6) is 5.75 Å². The van der Waals surface area contributed by atoms with Gasteiger partial charge in [-0.2, -0.15) is 0 Å². The van der Waals surface area contributed by atoms with Gasteiger partial charge in [-0.25, -0.2) is 0 Å². The molecule has 0 radical (unpaired) electrons. The summed E-state index contributed by atoms with van der Waals surface area (Å²) in [4.78, 5) is 0. The molecule has 4 heteroatoms. The molecule has 0 aliphatic carbocycles. The van der Waals surface area contributed by atoms with Crippen molar-refractivity contribution in [3.05, 3.63) is 63.1 Å². The quantitative estimate of drug-likeness (QED) is 0.788. The lowest BCUT2D eigenvalue weighted by Crippen LogP contribution is -2.23. The monoisotopic (exact) mass is 367 g/mol. The van der Waals surface area contributed by atoms with E-state index in [2.05, 4.69) is 40.3 Å². The van der Waals surface area contributed by atoms with Crippen molar-refractivity contribution in [2.75, 3.05) is 7.05 Å². The summed E-state index contributed by atoms with van der Waals surface area (Å²) in [6.07, 6.45) is 1.01. The second kappa shape index (κ2) is 7.83. The lowest BCUT2D eigenvalue weighted by atomic mass is 10.1. The van der Waals surface area contributed by atoms with Gasteiger partial charge in [-0.1, -0.05) is 45.7 Å². The normalized spacial score (nSPS) is 12.2. The van der Waals surface area contributed by atoms with E-state index in [1.807, 2.05) is 37.4 Å². The molecule has 0 amide bonds. The van der Waals surface area contributed by atoms with Crippen LogP contribution >= 0.6 is 27.5 Å². The molecule has 1 N–H and O–H groups in total. The third-order valence-electron chi connectivity index (χ3n) is 3.37. The van der Waals surface area contributed by atoms with E-state index in [1.165, 1.54) is 5.56 Å². The molecule has 2 aromatic rings. The van der Waals surface area contributed by atoms with Crippen LogP contribution < -0.4 is 10.1 Å². The first-order chi connectivity index (χ1) is 10.1. The lowest BCUT2D eigenvalue weighted by Gasteiger charge is -2.11. The predicted octanol–water partition coefficient (Wildman–Crippen LogP) is 4.83. The molecule has 0 aliphatic heterocycles. The minimum absolute atomic E-state index is 0.471. The van der Waals surface area contributed by atoms with E-state index in [-0.39, 0.29) is 0 Å². The first-order valence-electron chi connectivity index (χ1n) is 6.91. The number of halogens is 2. The van der Waals surface area contributed by atoms with Gasteiger partial charge in [0.15, 0.2) is 0 Å². The summed E-state index contributed by atoms with van der Waals surface area (Å²) in [5.74, 6) is 0.856. The summed E-state index contributed by atoms with van der Waals surface area (Å²) in [6.45, 7) is 2.64. The minimum atomic E-state index is 0.471. The van der Waals surface area contributed by atoms with Crippen molar-refractivity contribution in [1.29, 1.82) is 0 Å². The van der Waals surface area contributed by atoms with Gasteiger partial charge in [0.05, 0.1) is 0 Å². The molecule has 2 nitrogen and oxygen atoms in total. The number of benzene rings is 2. The molecule has 0 aromatic heterocycles. The first-order valence-corrected chi connectivity index (χ1v) is 8.08. The van der Waals surface area contributed by atoms with Gasteiger partial charge in [0.25, 0.3) is 0 Å². The summed E-state index contributed by atoms with van der Waals surface area (Å²) in [7, 11) is 1.98. The molecule has 2 aromatic carbocycles. The van der Waals surface area contributed by atoms with E-state index in [0.717, 1.165) is 22.2 Å². The first kappa shape index (κ1) is 16.3. The van der Waals surface area contributed by atoms with Crippen LogP contribution in [0.4, 0.5) is 0 Å². The Hall–Kier alpha value is -1.03. The predicted molar refractivity (Wildman–Crippen MR) is 92.2 cm³/mol. The lowest BCUT2D eigenvalue weighted by molar-refractivity contribution is 0.306. The highest BCUT2D eigenvalue weighted by atomic mass is 79.9. The summed E-state index contributed by atoms with van der Waals surface area (Å²) >= 11 is 9.57. The van der Waals surface area contributed by atoms with Crippen molar-refractivity contribution < 1.29 is 4.74 Å². The van der Waals surface area contributed by atoms with E-state index in [0.29, 0.717) is 17.7 Å². The highest BCUT2D eigenvalue weighted by Crippen LogP contribution is 2.23. The molecule has 0 saturated heterocycles. The fourth-order valence-corrected chi connectivity index (χ4v) is 2.71. The Morgan fingerprint density at radius 1 is 1.19 bits per heavy atom. The molecule has 0 saturated carbocycles. The van der Waals surface area contributed by atoms with Gasteiger partial charge in [0, 0.05) is 21.1 Å². The van der Waals surface area contributed by atoms with Gasteiger partial charge in [-0.05, 0) is 50.2 Å². The SMILES string of the molecule is CNC(C)Cc1ccc(OCc2ccc(Br)cc2Cl)cc1. The van der Waals surface area contributed by atoms with Gasteiger partial charge >= 0.3 is 0 Å². The summed E-state index contributed by atoms with van der Waals surface area (Å²) in [5.41, 5.74) is 2.28. The molecular formula is C17H19BrClNO. The molecule has 1 unspecified atom stereocenters. The highest BCUT2D eigenvalue weighted by molar-refractivity contribution is 9.10. The van der Waals surface area contributed by atoms with Gasteiger partial charge in [-0.3, -0.25) is 0 Å². The van der Waals surface area contributed by atoms with E-state index >= 15 is 0 Å². The topological polar surface area (TPSA) is 21.3 Å². The average Bonchev–Trinajstić information content (AvgIpc) is 2.48. The number of nitrogens with one attached hydrogen (secondary N) is 1. The zero-order valence-electron chi connectivity index (χ0n) is 12.2. The maximum Gasteiger partial charge on any atom is 0.119 e. The molecule has 1 atom stereocenters. The molecule has 0 bridgehead atoms. The van der Waals surface area contributed by atoms with Crippen molar-refractivity contribution in [2.24, 2.45) is 0 Å². The fourth-order valence-electron chi connectivity index (χ4n) is 1.98. The number of hydrogen-bond acceptors (Lipinski definition) is 2. The van der Waals surface area contributed by atoms with Crippen LogP contribution in [0.1, 0.15) is 18.1 Å². The molecule has 0 heterocycles. The maximum absolute atomic E-state index is 6.18. The van der Waals surface area contributed by atoms with E-state index in [9.17, 15) is 0 Å². The zero-order chi connectivity index (χ0) is 15.2. The smallest absolute Gasteiger partial charge is 0.119 e. The number of rotatable bonds is 6. The molecule has 21 heavy (non-hydrogen) atoms. The van der Waals surface area contributed by atoms with Gasteiger partial charge < -0.3 is 10.1 Å². The minimum Gasteiger partial charge on any atom is -0.489 e. The van der Waals surface area contributed by atoms with Crippen molar-refractivity contribution in [3.8, 4) is 5.75 Å². The highest BCUT2D eigenvalue weighted by Gasteiger charge is 2.04. The summed E-state index contributed by atoms with van der Waals surface area (Å²) in [5, 5.41) is 3.95. The Morgan fingerprint density at radius 3 is 2.52 bits per heavy atom. The van der Waals surface area contributed by atoms with E-state index in [1.54, 1.807) is 0 Å². The molecular weight excluding hydrogens is 350 g/mol. The molecule has 112 valence electrons. The second-order valence-electron chi connectivity index (χ2n) is 5.06. The molecule has 2 rings (SSSR count). The zero-order valence-corrected chi connectivity index (χ0v) is 14.5. The average molecular weight is 369 g/mol. The fraction of sp³-hybridized carbons (Fsp3) is 0.294. The number of hydrogen-bond donors (Lipinski definition) is 1. The third kappa shape index (κ3) is 5.03. The Balaban J connectivity index is 1.94. The van der Waals surface area contributed by atoms with Crippen molar-refractivity contribution in [3.63, 3.8) is 0 Å². The van der Waals surface area contributed by atoms with Crippen LogP contribution in [0.25, 0.3) is 0 Å². The molecule has 0 fully saturated rings. The third-order valence-corrected chi connectivity index (χ3v) is 4.21. The van der Waals surface area contributed by atoms with Gasteiger partial charge in [0.2, 0.25) is 0 Å². The van der Waals surface area contributed by atoms with Crippen LogP contribution in [0.2, 0.25) is 5.02 Å².